The van der Waals surface area contributed by atoms with Crippen molar-refractivity contribution in [3.8, 4) is 0 Å². The van der Waals surface area contributed by atoms with Crippen LogP contribution >= 0.6 is 0 Å². The molecule has 0 bridgehead atoms. The molecule has 2 heteroatoms. The van der Waals surface area contributed by atoms with Crippen LogP contribution in [-0.4, -0.2) is 6.04 Å². The van der Waals surface area contributed by atoms with Crippen LogP contribution in [0.5, 0.6) is 0 Å². The van der Waals surface area contributed by atoms with Crippen molar-refractivity contribution in [1.82, 2.24) is 5.32 Å². The number of benzene rings is 1. The Balaban J connectivity index is 2.14. The van der Waals surface area contributed by atoms with Crippen LogP contribution in [0.15, 0.2) is 18.2 Å². The minimum absolute atomic E-state index is 0.0358. The Kier molecular flexibility index (Phi) is 3.59. The maximum atomic E-state index is 13.5. The summed E-state index contributed by atoms with van der Waals surface area (Å²) in [6.07, 6.45) is 4.18. The van der Waals surface area contributed by atoms with Gasteiger partial charge in [0, 0.05) is 12.1 Å². The van der Waals surface area contributed by atoms with Gasteiger partial charge in [-0.15, -0.1) is 0 Å². The highest BCUT2D eigenvalue weighted by Gasteiger charge is 2.25. The third kappa shape index (κ3) is 2.12. The molecular weight excluding hydrogens is 201 g/mol. The molecule has 1 aliphatic carbocycles. The third-order valence-corrected chi connectivity index (χ3v) is 3.64. The van der Waals surface area contributed by atoms with Crippen molar-refractivity contribution in [3.05, 3.63) is 35.1 Å². The lowest BCUT2D eigenvalue weighted by atomic mass is 10.1. The molecule has 1 aliphatic rings. The summed E-state index contributed by atoms with van der Waals surface area (Å²) in [6, 6.07) is 6.36. The van der Waals surface area contributed by atoms with E-state index in [2.05, 4.69) is 25.2 Å². The zero-order chi connectivity index (χ0) is 11.5. The first-order chi connectivity index (χ1) is 7.76. The van der Waals surface area contributed by atoms with E-state index in [0.29, 0.717) is 12.1 Å². The highest BCUT2D eigenvalue weighted by atomic mass is 19.1. The second-order valence-electron chi connectivity index (χ2n) is 4.58. The number of fused-ring (bicyclic) bond motifs is 1. The molecule has 1 atom stereocenters. The van der Waals surface area contributed by atoms with Crippen LogP contribution in [0.1, 0.15) is 50.3 Å². The van der Waals surface area contributed by atoms with Gasteiger partial charge in [0.25, 0.3) is 0 Å². The van der Waals surface area contributed by atoms with E-state index < -0.39 is 0 Å². The van der Waals surface area contributed by atoms with E-state index in [-0.39, 0.29) is 5.82 Å². The first kappa shape index (κ1) is 11.6. The smallest absolute Gasteiger partial charge is 0.126 e. The summed E-state index contributed by atoms with van der Waals surface area (Å²) in [7, 11) is 0. The molecular formula is C14H20FN. The summed E-state index contributed by atoms with van der Waals surface area (Å²) in [5, 5.41) is 3.63. The van der Waals surface area contributed by atoms with Crippen molar-refractivity contribution in [3.63, 3.8) is 0 Å². The molecule has 0 saturated heterocycles. The van der Waals surface area contributed by atoms with E-state index in [1.165, 1.54) is 5.56 Å². The molecule has 0 heterocycles. The zero-order valence-electron chi connectivity index (χ0n) is 10.1. The standard InChI is InChI=1S/C14H20FN/c1-3-10(4-2)16-14-9-8-11-12(14)6-5-7-13(11)15/h5-7,10,14,16H,3-4,8-9H2,1-2H3. The molecule has 0 spiro atoms. The predicted molar refractivity (Wildman–Crippen MR) is 65.0 cm³/mol. The molecule has 1 unspecified atom stereocenters. The van der Waals surface area contributed by atoms with E-state index in [0.717, 1.165) is 31.2 Å². The van der Waals surface area contributed by atoms with Crippen LogP contribution in [0.4, 0.5) is 4.39 Å². The van der Waals surface area contributed by atoms with Gasteiger partial charge in [-0.2, -0.15) is 0 Å². The molecule has 2 rings (SSSR count). The Morgan fingerprint density at radius 1 is 1.38 bits per heavy atom. The Bertz CT molecular complexity index is 358. The van der Waals surface area contributed by atoms with Crippen molar-refractivity contribution >= 4 is 0 Å². The fourth-order valence-electron chi connectivity index (χ4n) is 2.59. The number of rotatable bonds is 4. The van der Waals surface area contributed by atoms with Crippen molar-refractivity contribution in [2.24, 2.45) is 0 Å². The highest BCUT2D eigenvalue weighted by Crippen LogP contribution is 2.33. The van der Waals surface area contributed by atoms with E-state index in [4.69, 9.17) is 0 Å². The van der Waals surface area contributed by atoms with Gasteiger partial charge in [-0.3, -0.25) is 0 Å². The van der Waals surface area contributed by atoms with E-state index >= 15 is 0 Å². The quantitative estimate of drug-likeness (QED) is 0.819. The largest absolute Gasteiger partial charge is 0.307 e. The van der Waals surface area contributed by atoms with Crippen molar-refractivity contribution < 1.29 is 4.39 Å². The maximum absolute atomic E-state index is 13.5. The molecule has 0 fully saturated rings. The van der Waals surface area contributed by atoms with Gasteiger partial charge in [0.2, 0.25) is 0 Å². The average molecular weight is 221 g/mol. The molecule has 0 radical (unpaired) electrons. The van der Waals surface area contributed by atoms with Gasteiger partial charge in [0.1, 0.15) is 5.82 Å². The van der Waals surface area contributed by atoms with E-state index in [9.17, 15) is 4.39 Å². The van der Waals surface area contributed by atoms with Gasteiger partial charge < -0.3 is 5.32 Å². The van der Waals surface area contributed by atoms with Crippen LogP contribution in [0.3, 0.4) is 0 Å². The van der Waals surface area contributed by atoms with Crippen molar-refractivity contribution in [1.29, 1.82) is 0 Å². The lowest BCUT2D eigenvalue weighted by Crippen LogP contribution is -2.30. The molecule has 0 saturated carbocycles. The number of hydrogen-bond donors (Lipinski definition) is 1. The first-order valence-corrected chi connectivity index (χ1v) is 6.29. The van der Waals surface area contributed by atoms with Gasteiger partial charge >= 0.3 is 0 Å². The molecule has 1 N–H and O–H groups in total. The number of halogens is 1. The Morgan fingerprint density at radius 2 is 2.12 bits per heavy atom. The first-order valence-electron chi connectivity index (χ1n) is 6.29. The van der Waals surface area contributed by atoms with Crippen molar-refractivity contribution in [2.45, 2.75) is 51.6 Å². The molecule has 1 aromatic carbocycles. The minimum atomic E-state index is -0.0358. The summed E-state index contributed by atoms with van der Waals surface area (Å²) < 4.78 is 13.5. The zero-order valence-corrected chi connectivity index (χ0v) is 10.1. The molecule has 1 aromatic rings. The number of hydrogen-bond acceptors (Lipinski definition) is 1. The topological polar surface area (TPSA) is 12.0 Å². The van der Waals surface area contributed by atoms with Gasteiger partial charge in [-0.05, 0) is 42.9 Å². The van der Waals surface area contributed by atoms with Crippen LogP contribution in [0.25, 0.3) is 0 Å². The molecule has 88 valence electrons. The molecule has 0 aromatic heterocycles. The summed E-state index contributed by atoms with van der Waals surface area (Å²) >= 11 is 0. The minimum Gasteiger partial charge on any atom is -0.307 e. The van der Waals surface area contributed by atoms with Gasteiger partial charge in [0.15, 0.2) is 0 Å². The lowest BCUT2D eigenvalue weighted by Gasteiger charge is -2.21. The second-order valence-corrected chi connectivity index (χ2v) is 4.58. The van der Waals surface area contributed by atoms with E-state index in [1.54, 1.807) is 6.07 Å². The Morgan fingerprint density at radius 3 is 2.81 bits per heavy atom. The lowest BCUT2D eigenvalue weighted by molar-refractivity contribution is 0.413. The summed E-state index contributed by atoms with van der Waals surface area (Å²) in [5.41, 5.74) is 2.10. The average Bonchev–Trinajstić information content (AvgIpc) is 2.71. The SMILES string of the molecule is CCC(CC)NC1CCc2c(F)cccc21. The fourth-order valence-corrected chi connectivity index (χ4v) is 2.59. The van der Waals surface area contributed by atoms with Crippen molar-refractivity contribution in [2.75, 3.05) is 0 Å². The van der Waals surface area contributed by atoms with Crippen LogP contribution in [0.2, 0.25) is 0 Å². The molecule has 1 nitrogen and oxygen atoms in total. The summed E-state index contributed by atoms with van der Waals surface area (Å²) in [4.78, 5) is 0. The van der Waals surface area contributed by atoms with Crippen LogP contribution in [-0.2, 0) is 6.42 Å². The monoisotopic (exact) mass is 221 g/mol. The Labute approximate surface area is 97.1 Å². The number of nitrogens with one attached hydrogen (secondary N) is 1. The third-order valence-electron chi connectivity index (χ3n) is 3.64. The van der Waals surface area contributed by atoms with Gasteiger partial charge in [0.05, 0.1) is 0 Å². The van der Waals surface area contributed by atoms with Crippen LogP contribution in [0, 0.1) is 5.82 Å². The summed E-state index contributed by atoms with van der Waals surface area (Å²) in [6.45, 7) is 4.39. The van der Waals surface area contributed by atoms with E-state index in [1.807, 2.05) is 6.07 Å². The Hall–Kier alpha value is -0.890. The second kappa shape index (κ2) is 4.96. The molecule has 0 amide bonds. The predicted octanol–water partition coefficient (Wildman–Crippen LogP) is 3.59. The van der Waals surface area contributed by atoms with Crippen LogP contribution < -0.4 is 5.32 Å². The molecule has 16 heavy (non-hydrogen) atoms. The van der Waals surface area contributed by atoms with Gasteiger partial charge in [-0.1, -0.05) is 26.0 Å². The summed E-state index contributed by atoms with van der Waals surface area (Å²) in [5.74, 6) is -0.0358. The molecule has 0 aliphatic heterocycles. The fraction of sp³-hybridized carbons (Fsp3) is 0.571. The van der Waals surface area contributed by atoms with Gasteiger partial charge in [-0.25, -0.2) is 4.39 Å². The maximum Gasteiger partial charge on any atom is 0.126 e. The highest BCUT2D eigenvalue weighted by molar-refractivity contribution is 5.35. The normalized spacial score (nSPS) is 19.1.